The van der Waals surface area contributed by atoms with Gasteiger partial charge in [-0.05, 0) is 62.2 Å². The molecule has 0 aromatic heterocycles. The largest absolute Gasteiger partial charge is 0.352 e. The van der Waals surface area contributed by atoms with Gasteiger partial charge in [0.2, 0.25) is 11.8 Å². The van der Waals surface area contributed by atoms with Crippen LogP contribution in [0.25, 0.3) is 0 Å². The fraction of sp³-hybridized carbons (Fsp3) is 0.286. The second kappa shape index (κ2) is 13.5. The number of nitrogens with one attached hydrogen (secondary N) is 1. The van der Waals surface area contributed by atoms with E-state index in [0.29, 0.717) is 22.0 Å². The van der Waals surface area contributed by atoms with E-state index in [-0.39, 0.29) is 34.1 Å². The average Bonchev–Trinajstić information content (AvgIpc) is 2.92. The smallest absolute Gasteiger partial charge is 0.264 e. The van der Waals surface area contributed by atoms with Gasteiger partial charge in [-0.15, -0.1) is 0 Å². The first-order valence-corrected chi connectivity index (χ1v) is 14.9. The van der Waals surface area contributed by atoms with Gasteiger partial charge in [0.15, 0.2) is 0 Å². The molecular formula is C28H30Cl3N3O4S. The predicted molar refractivity (Wildman–Crippen MR) is 157 cm³/mol. The molecule has 208 valence electrons. The van der Waals surface area contributed by atoms with Gasteiger partial charge in [0, 0.05) is 12.6 Å². The number of hydrogen-bond donors (Lipinski definition) is 1. The van der Waals surface area contributed by atoms with Crippen LogP contribution in [0.4, 0.5) is 5.69 Å². The van der Waals surface area contributed by atoms with Crippen molar-refractivity contribution in [3.63, 3.8) is 0 Å². The van der Waals surface area contributed by atoms with Crippen LogP contribution in [0.1, 0.15) is 32.8 Å². The standard InChI is InChI=1S/C28H30Cl3N3O4S/c1-4-19(2)32-28(36)20(3)33(17-21-14-15-23(29)25(31)16-21)27(35)18-34(26-13-9-8-12-24(26)30)39(37,38)22-10-6-5-7-11-22/h5-16,19-20H,4,17-18H2,1-3H3,(H,32,36)/t19-,20-/m1/s1. The zero-order valence-electron chi connectivity index (χ0n) is 21.8. The number of sulfonamides is 1. The molecule has 0 aliphatic heterocycles. The van der Waals surface area contributed by atoms with Crippen molar-refractivity contribution in [1.29, 1.82) is 0 Å². The zero-order valence-corrected chi connectivity index (χ0v) is 24.9. The van der Waals surface area contributed by atoms with Gasteiger partial charge in [-0.1, -0.05) is 78.1 Å². The van der Waals surface area contributed by atoms with Crippen molar-refractivity contribution in [3.05, 3.63) is 93.4 Å². The van der Waals surface area contributed by atoms with Gasteiger partial charge in [-0.2, -0.15) is 0 Å². The van der Waals surface area contributed by atoms with Crippen molar-refractivity contribution in [3.8, 4) is 0 Å². The first-order valence-electron chi connectivity index (χ1n) is 12.3. The van der Waals surface area contributed by atoms with Crippen LogP contribution in [0.15, 0.2) is 77.7 Å². The molecule has 0 fully saturated rings. The highest BCUT2D eigenvalue weighted by molar-refractivity contribution is 7.92. The van der Waals surface area contributed by atoms with Gasteiger partial charge < -0.3 is 10.2 Å². The number of carbonyl (C=O) groups is 2. The lowest BCUT2D eigenvalue weighted by Gasteiger charge is -2.32. The van der Waals surface area contributed by atoms with E-state index in [9.17, 15) is 18.0 Å². The first kappa shape index (κ1) is 30.8. The van der Waals surface area contributed by atoms with Crippen molar-refractivity contribution < 1.29 is 18.0 Å². The molecule has 2 atom stereocenters. The van der Waals surface area contributed by atoms with Gasteiger partial charge in [0.05, 0.1) is 25.7 Å². The van der Waals surface area contributed by atoms with E-state index in [2.05, 4.69) is 5.32 Å². The molecule has 3 rings (SSSR count). The molecule has 7 nitrogen and oxygen atoms in total. The third-order valence-corrected chi connectivity index (χ3v) is 9.07. The van der Waals surface area contributed by atoms with Crippen LogP contribution < -0.4 is 9.62 Å². The molecule has 0 saturated heterocycles. The van der Waals surface area contributed by atoms with Crippen molar-refractivity contribution >= 4 is 62.3 Å². The normalized spacial score (nSPS) is 12.9. The van der Waals surface area contributed by atoms with Gasteiger partial charge >= 0.3 is 0 Å². The zero-order chi connectivity index (χ0) is 28.7. The summed E-state index contributed by atoms with van der Waals surface area (Å²) in [6.07, 6.45) is 0.703. The van der Waals surface area contributed by atoms with E-state index in [1.54, 1.807) is 61.5 Å². The summed E-state index contributed by atoms with van der Waals surface area (Å²) in [5, 5.41) is 3.69. The second-order valence-corrected chi connectivity index (χ2v) is 12.1. The first-order chi connectivity index (χ1) is 18.4. The summed E-state index contributed by atoms with van der Waals surface area (Å²) >= 11 is 18.7. The Morgan fingerprint density at radius 3 is 2.13 bits per heavy atom. The molecule has 2 amide bonds. The summed E-state index contributed by atoms with van der Waals surface area (Å²) in [4.78, 5) is 28.3. The number of benzene rings is 3. The molecule has 0 heterocycles. The predicted octanol–water partition coefficient (Wildman–Crippen LogP) is 6.17. The lowest BCUT2D eigenvalue weighted by atomic mass is 10.1. The Labute approximate surface area is 244 Å². The second-order valence-electron chi connectivity index (χ2n) is 9.04. The minimum absolute atomic E-state index is 0.00341. The Bertz CT molecular complexity index is 1420. The van der Waals surface area contributed by atoms with Crippen LogP contribution in [0.5, 0.6) is 0 Å². The molecule has 0 aliphatic carbocycles. The Hall–Kier alpha value is -2.78. The number of nitrogens with zero attached hydrogens (tertiary/aromatic N) is 2. The lowest BCUT2D eigenvalue weighted by molar-refractivity contribution is -0.139. The minimum atomic E-state index is -4.20. The number of hydrogen-bond acceptors (Lipinski definition) is 4. The molecule has 0 bridgehead atoms. The van der Waals surface area contributed by atoms with E-state index < -0.39 is 28.5 Å². The maximum atomic E-state index is 13.9. The van der Waals surface area contributed by atoms with Gasteiger partial charge in [-0.25, -0.2) is 8.42 Å². The molecule has 3 aromatic rings. The summed E-state index contributed by atoms with van der Waals surface area (Å²) < 4.78 is 28.5. The highest BCUT2D eigenvalue weighted by atomic mass is 35.5. The average molecular weight is 611 g/mol. The molecule has 0 unspecified atom stereocenters. The third-order valence-electron chi connectivity index (χ3n) is 6.24. The van der Waals surface area contributed by atoms with Crippen LogP contribution in [0.2, 0.25) is 15.1 Å². The fourth-order valence-corrected chi connectivity index (χ4v) is 5.83. The number of anilines is 1. The Morgan fingerprint density at radius 1 is 0.872 bits per heavy atom. The topological polar surface area (TPSA) is 86.8 Å². The molecule has 1 N–H and O–H groups in total. The molecule has 0 saturated carbocycles. The summed E-state index contributed by atoms with van der Waals surface area (Å²) in [7, 11) is -4.20. The quantitative estimate of drug-likeness (QED) is 0.281. The third kappa shape index (κ3) is 7.66. The number of rotatable bonds is 11. The Morgan fingerprint density at radius 2 is 1.51 bits per heavy atom. The summed E-state index contributed by atoms with van der Waals surface area (Å²) in [6.45, 7) is 4.79. The van der Waals surface area contributed by atoms with Crippen LogP contribution in [-0.4, -0.2) is 43.8 Å². The van der Waals surface area contributed by atoms with E-state index in [1.807, 2.05) is 13.8 Å². The lowest BCUT2D eigenvalue weighted by Crippen LogP contribution is -2.52. The van der Waals surface area contributed by atoms with E-state index in [0.717, 1.165) is 4.31 Å². The van der Waals surface area contributed by atoms with Crippen molar-refractivity contribution in [1.82, 2.24) is 10.2 Å². The molecule has 0 spiro atoms. The molecule has 39 heavy (non-hydrogen) atoms. The minimum Gasteiger partial charge on any atom is -0.352 e. The summed E-state index contributed by atoms with van der Waals surface area (Å²) in [5.74, 6) is -0.972. The molecule has 11 heteroatoms. The highest BCUT2D eigenvalue weighted by Gasteiger charge is 2.33. The van der Waals surface area contributed by atoms with Crippen molar-refractivity contribution in [2.24, 2.45) is 0 Å². The Kier molecular flexibility index (Phi) is 10.7. The molecule has 0 radical (unpaired) electrons. The van der Waals surface area contributed by atoms with E-state index in [4.69, 9.17) is 34.8 Å². The van der Waals surface area contributed by atoms with Crippen molar-refractivity contribution in [2.45, 2.75) is 50.7 Å². The van der Waals surface area contributed by atoms with Gasteiger partial charge in [0.25, 0.3) is 10.0 Å². The van der Waals surface area contributed by atoms with Gasteiger partial charge in [-0.3, -0.25) is 13.9 Å². The van der Waals surface area contributed by atoms with E-state index in [1.165, 1.54) is 23.1 Å². The van der Waals surface area contributed by atoms with Crippen LogP contribution in [-0.2, 0) is 26.2 Å². The molecular weight excluding hydrogens is 581 g/mol. The van der Waals surface area contributed by atoms with Crippen LogP contribution >= 0.6 is 34.8 Å². The Balaban J connectivity index is 2.04. The maximum Gasteiger partial charge on any atom is 0.264 e. The molecule has 0 aliphatic rings. The maximum absolute atomic E-state index is 13.9. The van der Waals surface area contributed by atoms with Crippen LogP contribution in [0.3, 0.4) is 0 Å². The summed E-state index contributed by atoms with van der Waals surface area (Å²) in [6, 6.07) is 18.0. The number of carbonyl (C=O) groups excluding carboxylic acids is 2. The SMILES string of the molecule is CC[C@@H](C)NC(=O)[C@@H](C)N(Cc1ccc(Cl)c(Cl)c1)C(=O)CN(c1ccccc1Cl)S(=O)(=O)c1ccccc1. The van der Waals surface area contributed by atoms with Crippen LogP contribution in [0, 0.1) is 0 Å². The fourth-order valence-electron chi connectivity index (χ4n) is 3.77. The number of halogens is 3. The molecule has 3 aromatic carbocycles. The number of amides is 2. The summed E-state index contributed by atoms with van der Waals surface area (Å²) in [5.41, 5.74) is 0.763. The highest BCUT2D eigenvalue weighted by Crippen LogP contribution is 2.31. The van der Waals surface area contributed by atoms with Gasteiger partial charge in [0.1, 0.15) is 12.6 Å². The van der Waals surface area contributed by atoms with Crippen molar-refractivity contribution in [2.75, 3.05) is 10.8 Å². The monoisotopic (exact) mass is 609 g/mol. The number of para-hydroxylation sites is 1. The van der Waals surface area contributed by atoms with E-state index >= 15 is 0 Å².